The van der Waals surface area contributed by atoms with E-state index in [0.29, 0.717) is 22.2 Å². The molecule has 1 unspecified atom stereocenters. The Morgan fingerprint density at radius 1 is 1.20 bits per heavy atom. The van der Waals surface area contributed by atoms with Gasteiger partial charge >= 0.3 is 0 Å². The van der Waals surface area contributed by atoms with Gasteiger partial charge in [-0.05, 0) is 38.4 Å². The lowest BCUT2D eigenvalue weighted by Gasteiger charge is -2.37. The molecule has 0 fully saturated rings. The molecule has 0 aliphatic rings. The van der Waals surface area contributed by atoms with Crippen LogP contribution in [-0.4, -0.2) is 19.0 Å². The summed E-state index contributed by atoms with van der Waals surface area (Å²) in [6.45, 7) is 2.03. The van der Waals surface area contributed by atoms with E-state index in [2.05, 4.69) is 0 Å². The maximum absolute atomic E-state index is 6.22. The largest absolute Gasteiger partial charge is 0.464 e. The summed E-state index contributed by atoms with van der Waals surface area (Å²) in [7, 11) is 3.87. The van der Waals surface area contributed by atoms with E-state index < -0.39 is 5.72 Å². The standard InChI is InChI=1S/C15H17Cl2NO2/c1-4-15(18(2)3,13-9-6-10-19-13)20-12-8-5-7-11(16)14(12)17/h5-10H,4H2,1-3H3. The number of halogens is 2. The second-order valence-corrected chi connectivity index (χ2v) is 5.45. The zero-order chi connectivity index (χ0) is 14.8. The molecule has 0 saturated carbocycles. The molecule has 3 nitrogen and oxygen atoms in total. The van der Waals surface area contributed by atoms with Gasteiger partial charge in [-0.1, -0.05) is 36.2 Å². The minimum absolute atomic E-state index is 0.403. The zero-order valence-electron chi connectivity index (χ0n) is 11.7. The van der Waals surface area contributed by atoms with Gasteiger partial charge in [-0.3, -0.25) is 4.90 Å². The number of furan rings is 1. The van der Waals surface area contributed by atoms with Gasteiger partial charge in [0, 0.05) is 6.42 Å². The fraction of sp³-hybridized carbons (Fsp3) is 0.333. The van der Waals surface area contributed by atoms with Crippen LogP contribution in [0.3, 0.4) is 0 Å². The molecule has 0 radical (unpaired) electrons. The first-order chi connectivity index (χ1) is 9.51. The molecular weight excluding hydrogens is 297 g/mol. The normalized spacial score (nSPS) is 14.3. The lowest BCUT2D eigenvalue weighted by Crippen LogP contribution is -2.46. The third-order valence-corrected chi connectivity index (χ3v) is 4.10. The molecule has 1 aromatic carbocycles. The first kappa shape index (κ1) is 15.2. The Labute approximate surface area is 129 Å². The topological polar surface area (TPSA) is 25.6 Å². The summed E-state index contributed by atoms with van der Waals surface area (Å²) in [5.41, 5.74) is -0.724. The molecule has 1 heterocycles. The van der Waals surface area contributed by atoms with E-state index in [9.17, 15) is 0 Å². The highest BCUT2D eigenvalue weighted by molar-refractivity contribution is 6.42. The predicted octanol–water partition coefficient (Wildman–Crippen LogP) is 4.79. The third-order valence-electron chi connectivity index (χ3n) is 3.30. The van der Waals surface area contributed by atoms with Gasteiger partial charge in [0.05, 0.1) is 11.3 Å². The minimum Gasteiger partial charge on any atom is -0.464 e. The van der Waals surface area contributed by atoms with E-state index in [4.69, 9.17) is 32.4 Å². The molecule has 0 aliphatic carbocycles. The number of hydrogen-bond acceptors (Lipinski definition) is 3. The fourth-order valence-electron chi connectivity index (χ4n) is 2.17. The van der Waals surface area contributed by atoms with Gasteiger partial charge in [0.15, 0.2) is 5.76 Å². The third kappa shape index (κ3) is 2.66. The van der Waals surface area contributed by atoms with Crippen molar-refractivity contribution < 1.29 is 9.15 Å². The van der Waals surface area contributed by atoms with Crippen molar-refractivity contribution in [1.29, 1.82) is 0 Å². The Balaban J connectivity index is 2.46. The average molecular weight is 314 g/mol. The van der Waals surface area contributed by atoms with E-state index >= 15 is 0 Å². The van der Waals surface area contributed by atoms with E-state index in [1.54, 1.807) is 18.4 Å². The van der Waals surface area contributed by atoms with Gasteiger partial charge in [0.2, 0.25) is 5.72 Å². The highest BCUT2D eigenvalue weighted by Gasteiger charge is 2.39. The molecule has 0 bridgehead atoms. The van der Waals surface area contributed by atoms with Gasteiger partial charge in [0.1, 0.15) is 10.8 Å². The van der Waals surface area contributed by atoms with Crippen LogP contribution in [0.15, 0.2) is 41.0 Å². The van der Waals surface area contributed by atoms with Crippen molar-refractivity contribution in [3.63, 3.8) is 0 Å². The maximum atomic E-state index is 6.22. The van der Waals surface area contributed by atoms with Crippen molar-refractivity contribution in [3.8, 4) is 5.75 Å². The Morgan fingerprint density at radius 2 is 1.95 bits per heavy atom. The molecule has 0 N–H and O–H groups in total. The summed E-state index contributed by atoms with van der Waals surface area (Å²) in [5.74, 6) is 1.26. The molecule has 1 atom stereocenters. The molecule has 0 saturated heterocycles. The second-order valence-electron chi connectivity index (χ2n) is 4.66. The van der Waals surface area contributed by atoms with E-state index in [1.807, 2.05) is 44.1 Å². The van der Waals surface area contributed by atoms with Crippen molar-refractivity contribution in [2.75, 3.05) is 14.1 Å². The molecule has 0 aliphatic heterocycles. The van der Waals surface area contributed by atoms with E-state index in [-0.39, 0.29) is 0 Å². The quantitative estimate of drug-likeness (QED) is 0.742. The average Bonchev–Trinajstić information content (AvgIpc) is 2.94. The van der Waals surface area contributed by atoms with Crippen LogP contribution in [0.2, 0.25) is 10.0 Å². The van der Waals surface area contributed by atoms with Crippen molar-refractivity contribution in [2.24, 2.45) is 0 Å². The first-order valence-electron chi connectivity index (χ1n) is 6.35. The van der Waals surface area contributed by atoms with Gasteiger partial charge < -0.3 is 9.15 Å². The maximum Gasteiger partial charge on any atom is 0.221 e. The Hall–Kier alpha value is -1.16. The number of nitrogens with zero attached hydrogens (tertiary/aromatic N) is 1. The molecule has 2 rings (SSSR count). The van der Waals surface area contributed by atoms with Crippen LogP contribution in [0.5, 0.6) is 5.75 Å². The Kier molecular flexibility index (Phi) is 4.63. The van der Waals surface area contributed by atoms with Crippen LogP contribution in [0.4, 0.5) is 0 Å². The number of benzene rings is 1. The summed E-state index contributed by atoms with van der Waals surface area (Å²) in [4.78, 5) is 1.96. The number of rotatable bonds is 5. The fourth-order valence-corrected chi connectivity index (χ4v) is 2.50. The molecular formula is C15H17Cl2NO2. The number of ether oxygens (including phenoxy) is 1. The van der Waals surface area contributed by atoms with Crippen LogP contribution in [0.25, 0.3) is 0 Å². The summed E-state index contributed by atoms with van der Waals surface area (Å²) in [6.07, 6.45) is 2.32. The molecule has 20 heavy (non-hydrogen) atoms. The summed E-state index contributed by atoms with van der Waals surface area (Å²) in [6, 6.07) is 9.06. The number of hydrogen-bond donors (Lipinski definition) is 0. The van der Waals surface area contributed by atoms with Crippen molar-refractivity contribution >= 4 is 23.2 Å². The van der Waals surface area contributed by atoms with Gasteiger partial charge in [-0.25, -0.2) is 0 Å². The first-order valence-corrected chi connectivity index (χ1v) is 7.11. The highest BCUT2D eigenvalue weighted by atomic mass is 35.5. The molecule has 108 valence electrons. The molecule has 0 amide bonds. The summed E-state index contributed by atoms with van der Waals surface area (Å²) >= 11 is 12.3. The SMILES string of the molecule is CCC(Oc1cccc(Cl)c1Cl)(c1ccco1)N(C)C. The van der Waals surface area contributed by atoms with E-state index in [0.717, 1.165) is 5.76 Å². The zero-order valence-corrected chi connectivity index (χ0v) is 13.2. The Bertz CT molecular complexity index is 569. The molecule has 1 aromatic heterocycles. The molecule has 2 aromatic rings. The highest BCUT2D eigenvalue weighted by Crippen LogP contribution is 2.39. The van der Waals surface area contributed by atoms with Crippen LogP contribution in [-0.2, 0) is 5.72 Å². The molecule has 5 heteroatoms. The second kappa shape index (κ2) is 6.08. The lowest BCUT2D eigenvalue weighted by molar-refractivity contribution is -0.0835. The van der Waals surface area contributed by atoms with Crippen molar-refractivity contribution in [3.05, 3.63) is 52.4 Å². The lowest BCUT2D eigenvalue weighted by atomic mass is 10.1. The Morgan fingerprint density at radius 3 is 2.50 bits per heavy atom. The van der Waals surface area contributed by atoms with E-state index in [1.165, 1.54) is 0 Å². The van der Waals surface area contributed by atoms with Crippen LogP contribution >= 0.6 is 23.2 Å². The summed E-state index contributed by atoms with van der Waals surface area (Å²) < 4.78 is 11.7. The smallest absolute Gasteiger partial charge is 0.221 e. The van der Waals surface area contributed by atoms with Gasteiger partial charge in [0.25, 0.3) is 0 Å². The van der Waals surface area contributed by atoms with Crippen molar-refractivity contribution in [2.45, 2.75) is 19.1 Å². The van der Waals surface area contributed by atoms with Crippen LogP contribution in [0.1, 0.15) is 19.1 Å². The van der Waals surface area contributed by atoms with Crippen LogP contribution < -0.4 is 4.74 Å². The predicted molar refractivity (Wildman–Crippen MR) is 81.5 cm³/mol. The minimum atomic E-state index is -0.724. The monoisotopic (exact) mass is 313 g/mol. The summed E-state index contributed by atoms with van der Waals surface area (Å²) in [5, 5.41) is 0.868. The van der Waals surface area contributed by atoms with Gasteiger partial charge in [-0.2, -0.15) is 0 Å². The van der Waals surface area contributed by atoms with Gasteiger partial charge in [-0.15, -0.1) is 0 Å². The molecule has 0 spiro atoms. The van der Waals surface area contributed by atoms with Crippen molar-refractivity contribution in [1.82, 2.24) is 4.90 Å². The van der Waals surface area contributed by atoms with Crippen LogP contribution in [0, 0.1) is 0 Å².